The molecule has 0 aliphatic carbocycles. The molecule has 0 rings (SSSR count). The highest BCUT2D eigenvalue weighted by molar-refractivity contribution is 4.79. The van der Waals surface area contributed by atoms with Crippen LogP contribution in [0.1, 0.15) is 0 Å². The molecule has 2 N–H and O–H groups in total. The van der Waals surface area contributed by atoms with Crippen molar-refractivity contribution < 1.29 is 14.9 Å². The molecule has 3 heteroatoms. The Morgan fingerprint density at radius 1 is 1.09 bits per heavy atom. The summed E-state index contributed by atoms with van der Waals surface area (Å²) in [5.74, 6) is 0. The molecule has 0 saturated carbocycles. The summed E-state index contributed by atoms with van der Waals surface area (Å²) in [7, 11) is 0. The molecule has 64 valence electrons. The summed E-state index contributed by atoms with van der Waals surface area (Å²) < 4.78 is 4.90. The average Bonchev–Trinajstić information content (AvgIpc) is 2.04. The highest BCUT2D eigenvalue weighted by atomic mass is 16.5. The van der Waals surface area contributed by atoms with Crippen LogP contribution in [-0.4, -0.2) is 35.6 Å². The zero-order chi connectivity index (χ0) is 8.69. The molecule has 0 aliphatic heterocycles. The number of ether oxygens (including phenoxy) is 1. The molecule has 0 aromatic carbocycles. The van der Waals surface area contributed by atoms with Gasteiger partial charge in [-0.2, -0.15) is 0 Å². The van der Waals surface area contributed by atoms with Crippen molar-refractivity contribution >= 4 is 0 Å². The molecule has 0 aromatic heterocycles. The summed E-state index contributed by atoms with van der Waals surface area (Å²) in [5.41, 5.74) is 0. The van der Waals surface area contributed by atoms with Crippen LogP contribution in [0, 0.1) is 0 Å². The summed E-state index contributed by atoms with van der Waals surface area (Å²) >= 11 is 0. The third-order valence-electron chi connectivity index (χ3n) is 1.12. The fourth-order valence-electron chi connectivity index (χ4n) is 0.446. The molecule has 11 heavy (non-hydrogen) atoms. The van der Waals surface area contributed by atoms with Crippen LogP contribution >= 0.6 is 0 Å². The minimum Gasteiger partial charge on any atom is -0.387 e. The summed E-state index contributed by atoms with van der Waals surface area (Å²) in [5, 5.41) is 17.8. The summed E-state index contributed by atoms with van der Waals surface area (Å²) in [6, 6.07) is 0. The molecule has 0 amide bonds. The second-order valence-electron chi connectivity index (χ2n) is 2.14. The first-order valence-electron chi connectivity index (χ1n) is 3.39. The van der Waals surface area contributed by atoms with Crippen LogP contribution in [-0.2, 0) is 4.74 Å². The zero-order valence-corrected chi connectivity index (χ0v) is 6.44. The van der Waals surface area contributed by atoms with E-state index in [4.69, 9.17) is 14.9 Å². The molecule has 0 spiro atoms. The smallest absolute Gasteiger partial charge is 0.0951 e. The van der Waals surface area contributed by atoms with Crippen molar-refractivity contribution in [1.29, 1.82) is 0 Å². The average molecular weight is 158 g/mol. The fraction of sp³-hybridized carbons (Fsp3) is 0.500. The van der Waals surface area contributed by atoms with Gasteiger partial charge in [-0.25, -0.2) is 0 Å². The van der Waals surface area contributed by atoms with Gasteiger partial charge in [0.1, 0.15) is 0 Å². The van der Waals surface area contributed by atoms with Crippen LogP contribution in [0.25, 0.3) is 0 Å². The lowest BCUT2D eigenvalue weighted by molar-refractivity contribution is 0.0206. The van der Waals surface area contributed by atoms with Crippen LogP contribution in [0.4, 0.5) is 0 Å². The number of rotatable bonds is 6. The van der Waals surface area contributed by atoms with Crippen LogP contribution in [0.5, 0.6) is 0 Å². The molecule has 0 radical (unpaired) electrons. The quantitative estimate of drug-likeness (QED) is 0.539. The maximum Gasteiger partial charge on any atom is 0.0951 e. The van der Waals surface area contributed by atoms with Gasteiger partial charge < -0.3 is 14.9 Å². The standard InChI is InChI=1S/C8H14O3/c1-3-7(9)5-11-6-8(10)4-2/h3-4,7-10H,1-2,5-6H2. The van der Waals surface area contributed by atoms with E-state index in [1.807, 2.05) is 0 Å². The van der Waals surface area contributed by atoms with Gasteiger partial charge in [0.25, 0.3) is 0 Å². The third kappa shape index (κ3) is 5.79. The first kappa shape index (κ1) is 10.4. The van der Waals surface area contributed by atoms with Crippen LogP contribution in [0.2, 0.25) is 0 Å². The van der Waals surface area contributed by atoms with Gasteiger partial charge in [0.05, 0.1) is 25.4 Å². The van der Waals surface area contributed by atoms with Crippen molar-refractivity contribution in [2.75, 3.05) is 13.2 Å². The predicted molar refractivity (Wildman–Crippen MR) is 43.2 cm³/mol. The Bertz CT molecular complexity index is 109. The molecule has 0 aromatic rings. The Morgan fingerprint density at radius 3 is 1.73 bits per heavy atom. The van der Waals surface area contributed by atoms with Gasteiger partial charge in [0, 0.05) is 0 Å². The van der Waals surface area contributed by atoms with Gasteiger partial charge in [-0.3, -0.25) is 0 Å². The minimum atomic E-state index is -0.660. The second-order valence-corrected chi connectivity index (χ2v) is 2.14. The lowest BCUT2D eigenvalue weighted by Crippen LogP contribution is -2.18. The van der Waals surface area contributed by atoms with E-state index in [1.165, 1.54) is 12.2 Å². The summed E-state index contributed by atoms with van der Waals surface area (Å²) in [6.45, 7) is 7.05. The third-order valence-corrected chi connectivity index (χ3v) is 1.12. The Balaban J connectivity index is 3.26. The second kappa shape index (κ2) is 6.09. The maximum atomic E-state index is 8.89. The molecule has 2 atom stereocenters. The molecule has 0 aliphatic rings. The molecule has 0 fully saturated rings. The molecule has 2 unspecified atom stereocenters. The van der Waals surface area contributed by atoms with E-state index < -0.39 is 12.2 Å². The van der Waals surface area contributed by atoms with E-state index >= 15 is 0 Å². The van der Waals surface area contributed by atoms with E-state index in [1.54, 1.807) is 0 Å². The van der Waals surface area contributed by atoms with Crippen molar-refractivity contribution in [3.63, 3.8) is 0 Å². The van der Waals surface area contributed by atoms with E-state index in [0.29, 0.717) is 0 Å². The van der Waals surface area contributed by atoms with E-state index in [9.17, 15) is 0 Å². The Morgan fingerprint density at radius 2 is 1.45 bits per heavy atom. The molecule has 0 heterocycles. The SMILES string of the molecule is C=CC(O)COCC(O)C=C. The van der Waals surface area contributed by atoms with Crippen molar-refractivity contribution in [2.24, 2.45) is 0 Å². The predicted octanol–water partition coefficient (Wildman–Crippen LogP) is 0.0968. The van der Waals surface area contributed by atoms with E-state index in [2.05, 4.69) is 13.2 Å². The number of aliphatic hydroxyl groups excluding tert-OH is 2. The fourth-order valence-corrected chi connectivity index (χ4v) is 0.446. The number of aliphatic hydroxyl groups is 2. The van der Waals surface area contributed by atoms with Crippen LogP contribution < -0.4 is 0 Å². The van der Waals surface area contributed by atoms with Gasteiger partial charge >= 0.3 is 0 Å². The van der Waals surface area contributed by atoms with E-state index in [-0.39, 0.29) is 13.2 Å². The Hall–Kier alpha value is -0.640. The van der Waals surface area contributed by atoms with Gasteiger partial charge in [-0.15, -0.1) is 13.2 Å². The van der Waals surface area contributed by atoms with E-state index in [0.717, 1.165) is 0 Å². The molecular formula is C8H14O3. The minimum absolute atomic E-state index is 0.161. The van der Waals surface area contributed by atoms with Gasteiger partial charge in [-0.1, -0.05) is 12.2 Å². The molecule has 0 bridgehead atoms. The Kier molecular flexibility index (Phi) is 5.74. The van der Waals surface area contributed by atoms with Crippen LogP contribution in [0.15, 0.2) is 25.3 Å². The first-order chi connectivity index (χ1) is 5.20. The maximum absolute atomic E-state index is 8.89. The normalized spacial score (nSPS) is 15.5. The first-order valence-corrected chi connectivity index (χ1v) is 3.39. The summed E-state index contributed by atoms with van der Waals surface area (Å²) in [6.07, 6.45) is 1.43. The highest BCUT2D eigenvalue weighted by Crippen LogP contribution is 1.89. The highest BCUT2D eigenvalue weighted by Gasteiger charge is 2.00. The van der Waals surface area contributed by atoms with Gasteiger partial charge in [0.2, 0.25) is 0 Å². The van der Waals surface area contributed by atoms with Crippen molar-refractivity contribution in [1.82, 2.24) is 0 Å². The van der Waals surface area contributed by atoms with Crippen LogP contribution in [0.3, 0.4) is 0 Å². The number of hydrogen-bond donors (Lipinski definition) is 2. The monoisotopic (exact) mass is 158 g/mol. The Labute approximate surface area is 66.6 Å². The lowest BCUT2D eigenvalue weighted by atomic mass is 10.3. The topological polar surface area (TPSA) is 49.7 Å². The largest absolute Gasteiger partial charge is 0.387 e. The van der Waals surface area contributed by atoms with Crippen molar-refractivity contribution in [3.8, 4) is 0 Å². The zero-order valence-electron chi connectivity index (χ0n) is 6.44. The molecular weight excluding hydrogens is 144 g/mol. The van der Waals surface area contributed by atoms with Gasteiger partial charge in [0.15, 0.2) is 0 Å². The van der Waals surface area contributed by atoms with Crippen molar-refractivity contribution in [2.45, 2.75) is 12.2 Å². The molecule has 3 nitrogen and oxygen atoms in total. The van der Waals surface area contributed by atoms with Gasteiger partial charge in [-0.05, 0) is 0 Å². The molecule has 0 saturated heterocycles. The lowest BCUT2D eigenvalue weighted by Gasteiger charge is -2.08. The van der Waals surface area contributed by atoms with Crippen molar-refractivity contribution in [3.05, 3.63) is 25.3 Å². The summed E-state index contributed by atoms with van der Waals surface area (Å²) in [4.78, 5) is 0. The number of hydrogen-bond acceptors (Lipinski definition) is 3.